The highest BCUT2D eigenvalue weighted by atomic mass is 35.5. The van der Waals surface area contributed by atoms with Crippen molar-refractivity contribution in [1.82, 2.24) is 0 Å². The molecule has 0 unspecified atom stereocenters. The largest absolute Gasteiger partial charge is 0.466 e. The molecular formula is C12H11Cl2FO4S. The fourth-order valence-electron chi connectivity index (χ4n) is 2.39. The molecule has 0 radical (unpaired) electrons. The lowest BCUT2D eigenvalue weighted by molar-refractivity contribution is -0.149. The summed E-state index contributed by atoms with van der Waals surface area (Å²) in [6, 6.07) is 4.24. The van der Waals surface area contributed by atoms with E-state index < -0.39 is 32.5 Å². The van der Waals surface area contributed by atoms with E-state index in [0.717, 1.165) is 7.11 Å². The normalized spacial score (nSPS) is 28.3. The smallest absolute Gasteiger partial charge is 0.360 e. The monoisotopic (exact) mass is 340 g/mol. The van der Waals surface area contributed by atoms with Crippen LogP contribution < -0.4 is 0 Å². The highest BCUT2D eigenvalue weighted by Gasteiger charge is 2.63. The molecule has 2 rings (SSSR count). The fraction of sp³-hybridized carbons (Fsp3) is 0.417. The Labute approximate surface area is 125 Å². The third-order valence-corrected chi connectivity index (χ3v) is 5.89. The molecule has 0 amide bonds. The molecule has 1 aliphatic heterocycles. The van der Waals surface area contributed by atoms with Crippen LogP contribution in [0, 0.1) is 0 Å². The molecule has 1 aromatic carbocycles. The van der Waals surface area contributed by atoms with Gasteiger partial charge in [0.15, 0.2) is 9.84 Å². The third-order valence-electron chi connectivity index (χ3n) is 3.33. The SMILES string of the molecule is COC(=O)[C@@]1(F)[C@@H](c2cc(Cl)cc(Cl)c2)CCS1(=O)=O. The van der Waals surface area contributed by atoms with Gasteiger partial charge in [-0.05, 0) is 30.2 Å². The predicted octanol–water partition coefficient (Wildman–Crippen LogP) is 2.73. The summed E-state index contributed by atoms with van der Waals surface area (Å²) >= 11 is 11.7. The highest BCUT2D eigenvalue weighted by Crippen LogP contribution is 2.47. The van der Waals surface area contributed by atoms with E-state index in [1.54, 1.807) is 0 Å². The first kappa shape index (κ1) is 15.5. The van der Waals surface area contributed by atoms with Gasteiger partial charge < -0.3 is 4.74 Å². The number of carbonyl (C=O) groups is 1. The number of halogens is 3. The van der Waals surface area contributed by atoms with E-state index in [4.69, 9.17) is 23.2 Å². The van der Waals surface area contributed by atoms with E-state index in [1.807, 2.05) is 0 Å². The average molecular weight is 341 g/mol. The minimum atomic E-state index is -4.25. The molecule has 8 heteroatoms. The molecule has 0 bridgehead atoms. The van der Waals surface area contributed by atoms with Gasteiger partial charge in [-0.25, -0.2) is 17.6 Å². The Morgan fingerprint density at radius 1 is 1.35 bits per heavy atom. The fourth-order valence-corrected chi connectivity index (χ4v) is 4.80. The van der Waals surface area contributed by atoms with Crippen LogP contribution in [0.2, 0.25) is 10.0 Å². The Kier molecular flexibility index (Phi) is 4.01. The maximum absolute atomic E-state index is 14.9. The van der Waals surface area contributed by atoms with Crippen molar-refractivity contribution in [1.29, 1.82) is 0 Å². The van der Waals surface area contributed by atoms with Gasteiger partial charge >= 0.3 is 11.0 Å². The van der Waals surface area contributed by atoms with Crippen molar-refractivity contribution in [2.45, 2.75) is 17.3 Å². The number of hydrogen-bond donors (Lipinski definition) is 0. The molecule has 0 aliphatic carbocycles. The minimum Gasteiger partial charge on any atom is -0.466 e. The number of rotatable bonds is 2. The summed E-state index contributed by atoms with van der Waals surface area (Å²) in [6.07, 6.45) is -0.0371. The first-order chi connectivity index (χ1) is 9.22. The summed E-state index contributed by atoms with van der Waals surface area (Å²) in [5, 5.41) is -2.62. The van der Waals surface area contributed by atoms with Crippen LogP contribution in [0.15, 0.2) is 18.2 Å². The number of sulfone groups is 1. The summed E-state index contributed by atoms with van der Waals surface area (Å²) in [7, 11) is -3.30. The van der Waals surface area contributed by atoms with Gasteiger partial charge in [-0.1, -0.05) is 23.2 Å². The summed E-state index contributed by atoms with van der Waals surface area (Å²) in [5.74, 6) is -3.04. The van der Waals surface area contributed by atoms with Gasteiger partial charge in [-0.3, -0.25) is 0 Å². The quantitative estimate of drug-likeness (QED) is 0.776. The van der Waals surface area contributed by atoms with Gasteiger partial charge in [0.05, 0.1) is 12.9 Å². The van der Waals surface area contributed by atoms with Crippen molar-refractivity contribution >= 4 is 39.0 Å². The first-order valence-electron chi connectivity index (χ1n) is 5.68. The Hall–Kier alpha value is -0.850. The van der Waals surface area contributed by atoms with Crippen molar-refractivity contribution in [2.75, 3.05) is 12.9 Å². The molecule has 1 fully saturated rings. The van der Waals surface area contributed by atoms with E-state index in [1.165, 1.54) is 18.2 Å². The second-order valence-corrected chi connectivity index (χ2v) is 7.60. The molecular weight excluding hydrogens is 330 g/mol. The highest BCUT2D eigenvalue weighted by molar-refractivity contribution is 7.93. The Morgan fingerprint density at radius 2 is 1.90 bits per heavy atom. The van der Waals surface area contributed by atoms with Crippen molar-refractivity contribution in [3.8, 4) is 0 Å². The number of esters is 1. The molecule has 2 atom stereocenters. The van der Waals surface area contributed by atoms with Crippen LogP contribution in [-0.4, -0.2) is 32.3 Å². The molecule has 110 valence electrons. The molecule has 0 spiro atoms. The number of hydrogen-bond acceptors (Lipinski definition) is 4. The maximum atomic E-state index is 14.9. The van der Waals surface area contributed by atoms with Crippen LogP contribution in [-0.2, 0) is 19.4 Å². The second-order valence-electron chi connectivity index (χ2n) is 4.50. The predicted molar refractivity (Wildman–Crippen MR) is 73.5 cm³/mol. The zero-order valence-corrected chi connectivity index (χ0v) is 12.7. The lowest BCUT2D eigenvalue weighted by atomic mass is 9.91. The molecule has 0 saturated carbocycles. The Balaban J connectivity index is 2.59. The number of benzene rings is 1. The zero-order chi connectivity index (χ0) is 15.1. The van der Waals surface area contributed by atoms with Crippen LogP contribution in [0.1, 0.15) is 17.9 Å². The first-order valence-corrected chi connectivity index (χ1v) is 8.09. The minimum absolute atomic E-state index is 0.0371. The number of carbonyl (C=O) groups excluding carboxylic acids is 1. The molecule has 1 heterocycles. The Morgan fingerprint density at radius 3 is 2.40 bits per heavy atom. The Bertz CT molecular complexity index is 641. The van der Waals surface area contributed by atoms with E-state index in [2.05, 4.69) is 4.74 Å². The van der Waals surface area contributed by atoms with Crippen molar-refractivity contribution in [3.63, 3.8) is 0 Å². The topological polar surface area (TPSA) is 60.4 Å². The molecule has 20 heavy (non-hydrogen) atoms. The summed E-state index contributed by atoms with van der Waals surface area (Å²) in [5.41, 5.74) is 0.261. The number of alkyl halides is 1. The van der Waals surface area contributed by atoms with Gasteiger partial charge in [0, 0.05) is 16.0 Å². The van der Waals surface area contributed by atoms with Crippen LogP contribution in [0.25, 0.3) is 0 Å². The van der Waals surface area contributed by atoms with Crippen LogP contribution in [0.3, 0.4) is 0 Å². The van der Waals surface area contributed by atoms with Crippen molar-refractivity contribution in [3.05, 3.63) is 33.8 Å². The summed E-state index contributed by atoms with van der Waals surface area (Å²) in [4.78, 5) is 11.7. The summed E-state index contributed by atoms with van der Waals surface area (Å²) in [6.45, 7) is 0. The molecule has 1 aromatic rings. The molecule has 4 nitrogen and oxygen atoms in total. The van der Waals surface area contributed by atoms with E-state index in [-0.39, 0.29) is 22.0 Å². The van der Waals surface area contributed by atoms with Crippen LogP contribution >= 0.6 is 23.2 Å². The van der Waals surface area contributed by atoms with Gasteiger partial charge in [-0.15, -0.1) is 0 Å². The van der Waals surface area contributed by atoms with Gasteiger partial charge in [0.2, 0.25) is 0 Å². The van der Waals surface area contributed by atoms with Gasteiger partial charge in [0.25, 0.3) is 0 Å². The third kappa shape index (κ3) is 2.29. The zero-order valence-electron chi connectivity index (χ0n) is 10.4. The summed E-state index contributed by atoms with van der Waals surface area (Å²) < 4.78 is 43.1. The standard InChI is InChI=1S/C12H11Cl2FO4S/c1-19-11(16)12(15)10(2-3-20(12,17)18)7-4-8(13)6-9(14)5-7/h4-6,10H,2-3H2,1H3/t10-,12-/m1/s1. The maximum Gasteiger partial charge on any atom is 0.360 e. The molecule has 1 aliphatic rings. The van der Waals surface area contributed by atoms with Crippen LogP contribution in [0.5, 0.6) is 0 Å². The van der Waals surface area contributed by atoms with E-state index in [9.17, 15) is 17.6 Å². The molecule has 1 saturated heterocycles. The number of ether oxygens (including phenoxy) is 1. The molecule has 0 aromatic heterocycles. The molecule has 0 N–H and O–H groups in total. The lowest BCUT2D eigenvalue weighted by Gasteiger charge is -2.23. The van der Waals surface area contributed by atoms with Crippen molar-refractivity contribution in [2.24, 2.45) is 0 Å². The van der Waals surface area contributed by atoms with Gasteiger partial charge in [-0.2, -0.15) is 0 Å². The second kappa shape index (κ2) is 5.16. The van der Waals surface area contributed by atoms with Gasteiger partial charge in [0.1, 0.15) is 0 Å². The number of methoxy groups -OCH3 is 1. The lowest BCUT2D eigenvalue weighted by Crippen LogP contribution is -2.43. The average Bonchev–Trinajstić information content (AvgIpc) is 2.59. The van der Waals surface area contributed by atoms with E-state index >= 15 is 0 Å². The van der Waals surface area contributed by atoms with Crippen LogP contribution in [0.4, 0.5) is 4.39 Å². The van der Waals surface area contributed by atoms with E-state index in [0.29, 0.717) is 0 Å². The van der Waals surface area contributed by atoms with Crippen molar-refractivity contribution < 1.29 is 22.3 Å².